The molecule has 4 atom stereocenters. The zero-order valence-electron chi connectivity index (χ0n) is 15.5. The summed E-state index contributed by atoms with van der Waals surface area (Å²) in [6.45, 7) is 8.20. The van der Waals surface area contributed by atoms with Crippen LogP contribution in [-0.2, 0) is 6.42 Å². The van der Waals surface area contributed by atoms with Crippen molar-refractivity contribution in [2.75, 3.05) is 20.0 Å². The van der Waals surface area contributed by atoms with Gasteiger partial charge in [-0.15, -0.1) is 0 Å². The molecule has 4 rings (SSSR count). The average Bonchev–Trinajstić information content (AvgIpc) is 3.03. The van der Waals surface area contributed by atoms with Crippen molar-refractivity contribution in [3.8, 4) is 0 Å². The molecule has 3 nitrogen and oxygen atoms in total. The highest BCUT2D eigenvalue weighted by atomic mass is 28.3. The van der Waals surface area contributed by atoms with Gasteiger partial charge >= 0.3 is 0 Å². The van der Waals surface area contributed by atoms with Gasteiger partial charge in [0.2, 0.25) is 0 Å². The highest BCUT2D eigenvalue weighted by Crippen LogP contribution is 2.53. The van der Waals surface area contributed by atoms with E-state index < -0.39 is 8.24 Å². The fourth-order valence-corrected chi connectivity index (χ4v) is 8.88. The lowest BCUT2D eigenvalue weighted by molar-refractivity contribution is 0.283. The standard InChI is InChI=1S/C21H31N3Si/c1-25(2,24-15-22-14-23-16-24)21-13-18(12-17-8-4-3-5-9-17)19-10-6-7-11-20(19)21/h3-11,18-23H,12-16H2,1-2H3. The van der Waals surface area contributed by atoms with Gasteiger partial charge in [0.15, 0.2) is 0 Å². The van der Waals surface area contributed by atoms with Gasteiger partial charge in [-0.2, -0.15) is 0 Å². The third-order valence-electron chi connectivity index (χ3n) is 6.71. The molecule has 0 amide bonds. The lowest BCUT2D eigenvalue weighted by atomic mass is 9.83. The maximum absolute atomic E-state index is 3.51. The van der Waals surface area contributed by atoms with E-state index >= 15 is 0 Å². The maximum atomic E-state index is 3.51. The molecular formula is C21H31N3Si. The summed E-state index contributed by atoms with van der Waals surface area (Å²) < 4.78 is 2.72. The Morgan fingerprint density at radius 3 is 2.40 bits per heavy atom. The molecule has 0 bridgehead atoms. The van der Waals surface area contributed by atoms with E-state index in [0.717, 1.165) is 37.4 Å². The first-order valence-electron chi connectivity index (χ1n) is 9.71. The van der Waals surface area contributed by atoms with Gasteiger partial charge in [0, 0.05) is 20.0 Å². The quantitative estimate of drug-likeness (QED) is 0.811. The number of benzene rings is 1. The van der Waals surface area contributed by atoms with Crippen LogP contribution in [0.5, 0.6) is 0 Å². The number of hydrogen-bond acceptors (Lipinski definition) is 3. The SMILES string of the molecule is C[Si](C)(C1CC(Cc2ccccc2)C2C=CC=CC21)N1CNCNC1. The second-order valence-corrected chi connectivity index (χ2v) is 13.1. The summed E-state index contributed by atoms with van der Waals surface area (Å²) in [7, 11) is -1.51. The van der Waals surface area contributed by atoms with Crippen LogP contribution in [0.25, 0.3) is 0 Å². The molecule has 1 aliphatic heterocycles. The Balaban J connectivity index is 1.56. The Morgan fingerprint density at radius 2 is 1.68 bits per heavy atom. The fourth-order valence-electron chi connectivity index (χ4n) is 5.22. The molecule has 0 spiro atoms. The Bertz CT molecular complexity index is 634. The summed E-state index contributed by atoms with van der Waals surface area (Å²) in [5.74, 6) is 2.21. The van der Waals surface area contributed by atoms with Crippen LogP contribution < -0.4 is 10.6 Å². The third-order valence-corrected chi connectivity index (χ3v) is 11.1. The normalized spacial score (nSPS) is 32.7. The molecule has 1 saturated heterocycles. The van der Waals surface area contributed by atoms with Crippen molar-refractivity contribution in [2.45, 2.75) is 31.5 Å². The Labute approximate surface area is 153 Å². The third kappa shape index (κ3) is 3.41. The summed E-state index contributed by atoms with van der Waals surface area (Å²) in [5.41, 5.74) is 2.32. The smallest absolute Gasteiger partial charge is 0.128 e. The number of nitrogens with one attached hydrogen (secondary N) is 2. The van der Waals surface area contributed by atoms with Gasteiger partial charge in [-0.3, -0.25) is 15.2 Å². The van der Waals surface area contributed by atoms with E-state index in [-0.39, 0.29) is 0 Å². The van der Waals surface area contributed by atoms with Crippen molar-refractivity contribution in [1.82, 2.24) is 15.2 Å². The van der Waals surface area contributed by atoms with Crippen LogP contribution in [0.4, 0.5) is 0 Å². The first kappa shape index (κ1) is 17.2. The van der Waals surface area contributed by atoms with Gasteiger partial charge in [0.25, 0.3) is 0 Å². The van der Waals surface area contributed by atoms with Crippen LogP contribution in [0.2, 0.25) is 18.6 Å². The van der Waals surface area contributed by atoms with E-state index in [1.54, 1.807) is 0 Å². The first-order valence-corrected chi connectivity index (χ1v) is 12.7. The van der Waals surface area contributed by atoms with Crippen molar-refractivity contribution in [3.05, 3.63) is 60.2 Å². The fraction of sp³-hybridized carbons (Fsp3) is 0.524. The van der Waals surface area contributed by atoms with Gasteiger partial charge in [-0.25, -0.2) is 0 Å². The molecule has 0 radical (unpaired) electrons. The Morgan fingerprint density at radius 1 is 1.00 bits per heavy atom. The van der Waals surface area contributed by atoms with Crippen LogP contribution in [-0.4, -0.2) is 32.8 Å². The number of allylic oxidation sites excluding steroid dienone is 4. The average molecular weight is 354 g/mol. The van der Waals surface area contributed by atoms with E-state index in [0.29, 0.717) is 5.92 Å². The molecule has 134 valence electrons. The minimum absolute atomic E-state index is 0.715. The molecule has 0 aromatic heterocycles. The molecule has 4 heteroatoms. The molecule has 1 aromatic rings. The predicted molar refractivity (Wildman–Crippen MR) is 107 cm³/mol. The lowest BCUT2D eigenvalue weighted by Gasteiger charge is -2.45. The highest BCUT2D eigenvalue weighted by molar-refractivity contribution is 6.76. The summed E-state index contributed by atoms with van der Waals surface area (Å²) in [6.07, 6.45) is 12.2. The molecule has 2 N–H and O–H groups in total. The summed E-state index contributed by atoms with van der Waals surface area (Å²) in [6, 6.07) is 11.1. The zero-order valence-corrected chi connectivity index (χ0v) is 16.5. The van der Waals surface area contributed by atoms with E-state index in [9.17, 15) is 0 Å². The van der Waals surface area contributed by atoms with E-state index in [1.165, 1.54) is 18.4 Å². The molecule has 1 aromatic carbocycles. The second kappa shape index (κ2) is 7.20. The summed E-state index contributed by atoms with van der Waals surface area (Å²) in [4.78, 5) is 0. The number of nitrogens with zero attached hydrogens (tertiary/aromatic N) is 1. The van der Waals surface area contributed by atoms with Crippen molar-refractivity contribution in [2.24, 2.45) is 17.8 Å². The Hall–Kier alpha value is -1.20. The van der Waals surface area contributed by atoms with E-state index in [2.05, 4.69) is 82.9 Å². The van der Waals surface area contributed by atoms with Crippen molar-refractivity contribution >= 4 is 8.24 Å². The van der Waals surface area contributed by atoms with Crippen molar-refractivity contribution in [3.63, 3.8) is 0 Å². The van der Waals surface area contributed by atoms with Crippen LogP contribution in [0.15, 0.2) is 54.6 Å². The largest absolute Gasteiger partial charge is 0.299 e. The summed E-state index contributed by atoms with van der Waals surface area (Å²) >= 11 is 0. The molecule has 2 aliphatic carbocycles. The van der Waals surface area contributed by atoms with Crippen LogP contribution in [0.3, 0.4) is 0 Å². The second-order valence-electron chi connectivity index (χ2n) is 8.40. The van der Waals surface area contributed by atoms with Gasteiger partial charge in [-0.05, 0) is 41.7 Å². The topological polar surface area (TPSA) is 27.3 Å². The van der Waals surface area contributed by atoms with Crippen molar-refractivity contribution < 1.29 is 0 Å². The molecule has 1 heterocycles. The van der Waals surface area contributed by atoms with Gasteiger partial charge in [0.05, 0.1) is 0 Å². The van der Waals surface area contributed by atoms with Gasteiger partial charge in [0.1, 0.15) is 8.24 Å². The minimum Gasteiger partial charge on any atom is -0.299 e. The van der Waals surface area contributed by atoms with E-state index in [1.807, 2.05) is 0 Å². The highest BCUT2D eigenvalue weighted by Gasteiger charge is 2.50. The first-order chi connectivity index (χ1) is 12.2. The zero-order chi connectivity index (χ0) is 17.3. The number of fused-ring (bicyclic) bond motifs is 1. The van der Waals surface area contributed by atoms with Gasteiger partial charge in [-0.1, -0.05) is 67.7 Å². The lowest BCUT2D eigenvalue weighted by Crippen LogP contribution is -2.63. The molecule has 1 saturated carbocycles. The number of rotatable bonds is 4. The Kier molecular flexibility index (Phi) is 4.96. The van der Waals surface area contributed by atoms with Gasteiger partial charge < -0.3 is 0 Å². The number of hydrogen-bond donors (Lipinski definition) is 2. The molecule has 4 unspecified atom stereocenters. The minimum atomic E-state index is -1.51. The molecule has 2 fully saturated rings. The maximum Gasteiger partial charge on any atom is 0.128 e. The molecule has 25 heavy (non-hydrogen) atoms. The van der Waals surface area contributed by atoms with Crippen LogP contribution >= 0.6 is 0 Å². The predicted octanol–water partition coefficient (Wildman–Crippen LogP) is 3.55. The molecular weight excluding hydrogens is 322 g/mol. The monoisotopic (exact) mass is 353 g/mol. The van der Waals surface area contributed by atoms with Crippen LogP contribution in [0, 0.1) is 17.8 Å². The van der Waals surface area contributed by atoms with Crippen molar-refractivity contribution in [1.29, 1.82) is 0 Å². The van der Waals surface area contributed by atoms with Crippen LogP contribution in [0.1, 0.15) is 12.0 Å². The van der Waals surface area contributed by atoms with E-state index in [4.69, 9.17) is 0 Å². The molecule has 3 aliphatic rings. The summed E-state index contributed by atoms with van der Waals surface area (Å²) in [5, 5.41) is 7.01.